The van der Waals surface area contributed by atoms with Gasteiger partial charge in [0.05, 0.1) is 5.69 Å². The van der Waals surface area contributed by atoms with Crippen molar-refractivity contribution >= 4 is 11.6 Å². The zero-order chi connectivity index (χ0) is 9.68. The molecule has 0 aliphatic rings. The number of nitrogens with zero attached hydrogens (tertiary/aromatic N) is 2. The van der Waals surface area contributed by atoms with Gasteiger partial charge in [-0.25, -0.2) is 0 Å². The van der Waals surface area contributed by atoms with E-state index in [9.17, 15) is 0 Å². The van der Waals surface area contributed by atoms with E-state index in [1.165, 1.54) is 11.4 Å². The fraction of sp³-hybridized carbons (Fsp3) is 0.700. The number of hydrogen-bond acceptors (Lipinski definition) is 1. The van der Waals surface area contributed by atoms with Gasteiger partial charge in [-0.1, -0.05) is 13.8 Å². The van der Waals surface area contributed by atoms with Crippen LogP contribution in [0.4, 0.5) is 0 Å². The van der Waals surface area contributed by atoms with Crippen LogP contribution in [0.25, 0.3) is 0 Å². The number of rotatable bonds is 5. The maximum Gasteiger partial charge on any atom is 0.0624 e. The predicted molar refractivity (Wildman–Crippen MR) is 56.3 cm³/mol. The topological polar surface area (TPSA) is 17.8 Å². The Bertz CT molecular complexity index is 255. The summed E-state index contributed by atoms with van der Waals surface area (Å²) < 4.78 is 2.08. The Labute approximate surface area is 84.9 Å². The van der Waals surface area contributed by atoms with E-state index in [4.69, 9.17) is 11.6 Å². The SMILES string of the molecule is CCc1cc(CC)n(CCCCl)n1. The molecule has 0 atom stereocenters. The summed E-state index contributed by atoms with van der Waals surface area (Å²) in [6, 6.07) is 2.19. The second kappa shape index (κ2) is 5.28. The molecule has 0 unspecified atom stereocenters. The van der Waals surface area contributed by atoms with Crippen molar-refractivity contribution in [2.24, 2.45) is 0 Å². The van der Waals surface area contributed by atoms with Crippen molar-refractivity contribution in [3.05, 3.63) is 17.5 Å². The van der Waals surface area contributed by atoms with Crippen LogP contribution in [0.3, 0.4) is 0 Å². The molecule has 0 amide bonds. The molecule has 0 aromatic carbocycles. The molecular formula is C10H17ClN2. The number of hydrogen-bond donors (Lipinski definition) is 0. The molecule has 13 heavy (non-hydrogen) atoms. The maximum absolute atomic E-state index is 5.65. The van der Waals surface area contributed by atoms with E-state index in [0.717, 1.165) is 25.8 Å². The number of aromatic nitrogens is 2. The van der Waals surface area contributed by atoms with Crippen molar-refractivity contribution in [1.29, 1.82) is 0 Å². The minimum Gasteiger partial charge on any atom is -0.269 e. The lowest BCUT2D eigenvalue weighted by molar-refractivity contribution is 0.573. The first-order chi connectivity index (χ1) is 6.31. The predicted octanol–water partition coefficient (Wildman–Crippen LogP) is 2.64. The normalized spacial score (nSPS) is 10.7. The standard InChI is InChI=1S/C10H17ClN2/c1-3-9-8-10(4-2)13(12-9)7-5-6-11/h8H,3-7H2,1-2H3. The van der Waals surface area contributed by atoms with Crippen LogP contribution in [-0.4, -0.2) is 15.7 Å². The van der Waals surface area contributed by atoms with Crippen molar-refractivity contribution in [3.8, 4) is 0 Å². The first-order valence-corrected chi connectivity index (χ1v) is 5.46. The lowest BCUT2D eigenvalue weighted by Crippen LogP contribution is -2.05. The van der Waals surface area contributed by atoms with Crippen molar-refractivity contribution in [3.63, 3.8) is 0 Å². The van der Waals surface area contributed by atoms with E-state index < -0.39 is 0 Å². The van der Waals surface area contributed by atoms with Crippen LogP contribution in [0.2, 0.25) is 0 Å². The third-order valence-corrected chi connectivity index (χ3v) is 2.41. The first kappa shape index (κ1) is 10.6. The highest BCUT2D eigenvalue weighted by atomic mass is 35.5. The van der Waals surface area contributed by atoms with E-state index in [1.807, 2.05) is 0 Å². The molecule has 0 aliphatic heterocycles. The van der Waals surface area contributed by atoms with Crippen molar-refractivity contribution in [2.45, 2.75) is 39.7 Å². The summed E-state index contributed by atoms with van der Waals surface area (Å²) in [6.45, 7) is 5.24. The molecule has 3 heteroatoms. The van der Waals surface area contributed by atoms with Gasteiger partial charge in [-0.15, -0.1) is 11.6 Å². The highest BCUT2D eigenvalue weighted by molar-refractivity contribution is 6.17. The maximum atomic E-state index is 5.65. The summed E-state index contributed by atoms with van der Waals surface area (Å²) in [6.07, 6.45) is 3.07. The lowest BCUT2D eigenvalue weighted by Gasteiger charge is -2.02. The van der Waals surface area contributed by atoms with Gasteiger partial charge in [0, 0.05) is 18.1 Å². The highest BCUT2D eigenvalue weighted by Gasteiger charge is 2.03. The number of aryl methyl sites for hydroxylation is 3. The number of halogens is 1. The Morgan fingerprint density at radius 1 is 1.38 bits per heavy atom. The van der Waals surface area contributed by atoms with Gasteiger partial charge in [-0.2, -0.15) is 5.10 Å². The molecule has 74 valence electrons. The van der Waals surface area contributed by atoms with Gasteiger partial charge in [-0.3, -0.25) is 4.68 Å². The summed E-state index contributed by atoms with van der Waals surface area (Å²) in [7, 11) is 0. The Hall–Kier alpha value is -0.500. The molecule has 1 aromatic rings. The van der Waals surface area contributed by atoms with E-state index in [-0.39, 0.29) is 0 Å². The van der Waals surface area contributed by atoms with Gasteiger partial charge >= 0.3 is 0 Å². The molecule has 2 nitrogen and oxygen atoms in total. The van der Waals surface area contributed by atoms with Gasteiger partial charge in [0.15, 0.2) is 0 Å². The summed E-state index contributed by atoms with van der Waals surface area (Å²) in [4.78, 5) is 0. The molecular weight excluding hydrogens is 184 g/mol. The molecule has 0 fully saturated rings. The van der Waals surface area contributed by atoms with Gasteiger partial charge in [0.1, 0.15) is 0 Å². The van der Waals surface area contributed by atoms with Crippen molar-refractivity contribution in [2.75, 3.05) is 5.88 Å². The van der Waals surface area contributed by atoms with Crippen molar-refractivity contribution in [1.82, 2.24) is 9.78 Å². The van der Waals surface area contributed by atoms with Gasteiger partial charge in [-0.05, 0) is 25.3 Å². The Morgan fingerprint density at radius 2 is 2.15 bits per heavy atom. The van der Waals surface area contributed by atoms with Crippen LogP contribution in [0.5, 0.6) is 0 Å². The summed E-state index contributed by atoms with van der Waals surface area (Å²) in [5.74, 6) is 0.713. The molecule has 0 saturated carbocycles. The molecule has 0 N–H and O–H groups in total. The van der Waals surface area contributed by atoms with E-state index in [0.29, 0.717) is 5.88 Å². The van der Waals surface area contributed by atoms with E-state index in [1.54, 1.807) is 0 Å². The van der Waals surface area contributed by atoms with Gasteiger partial charge < -0.3 is 0 Å². The lowest BCUT2D eigenvalue weighted by atomic mass is 10.2. The summed E-state index contributed by atoms with van der Waals surface area (Å²) in [5, 5.41) is 4.50. The van der Waals surface area contributed by atoms with Gasteiger partial charge in [0.2, 0.25) is 0 Å². The van der Waals surface area contributed by atoms with Crippen LogP contribution < -0.4 is 0 Å². The Kier molecular flexibility index (Phi) is 4.29. The minimum atomic E-state index is 0.713. The second-order valence-electron chi connectivity index (χ2n) is 3.10. The Balaban J connectivity index is 2.71. The highest BCUT2D eigenvalue weighted by Crippen LogP contribution is 2.07. The molecule has 0 spiro atoms. The molecule has 0 bridgehead atoms. The van der Waals surface area contributed by atoms with Crippen LogP contribution in [0.1, 0.15) is 31.7 Å². The van der Waals surface area contributed by atoms with Crippen LogP contribution in [-0.2, 0) is 19.4 Å². The molecule has 0 saturated heterocycles. The minimum absolute atomic E-state index is 0.713. The average molecular weight is 201 g/mol. The third kappa shape index (κ3) is 2.73. The Morgan fingerprint density at radius 3 is 2.69 bits per heavy atom. The largest absolute Gasteiger partial charge is 0.269 e. The van der Waals surface area contributed by atoms with Crippen LogP contribution >= 0.6 is 11.6 Å². The first-order valence-electron chi connectivity index (χ1n) is 4.93. The van der Waals surface area contributed by atoms with E-state index in [2.05, 4.69) is 29.7 Å². The summed E-state index contributed by atoms with van der Waals surface area (Å²) in [5.41, 5.74) is 2.51. The second-order valence-corrected chi connectivity index (χ2v) is 3.48. The summed E-state index contributed by atoms with van der Waals surface area (Å²) >= 11 is 5.65. The monoisotopic (exact) mass is 200 g/mol. The van der Waals surface area contributed by atoms with Crippen LogP contribution in [0.15, 0.2) is 6.07 Å². The molecule has 0 aliphatic carbocycles. The smallest absolute Gasteiger partial charge is 0.0624 e. The molecule has 1 heterocycles. The molecule has 1 aromatic heterocycles. The zero-order valence-corrected chi connectivity index (χ0v) is 9.14. The van der Waals surface area contributed by atoms with E-state index >= 15 is 0 Å². The quantitative estimate of drug-likeness (QED) is 0.669. The average Bonchev–Trinajstić information content (AvgIpc) is 2.57. The number of alkyl halides is 1. The fourth-order valence-electron chi connectivity index (χ4n) is 1.38. The van der Waals surface area contributed by atoms with Crippen LogP contribution in [0, 0.1) is 0 Å². The molecule has 1 rings (SSSR count). The van der Waals surface area contributed by atoms with Crippen molar-refractivity contribution < 1.29 is 0 Å². The zero-order valence-electron chi connectivity index (χ0n) is 8.39. The molecule has 0 radical (unpaired) electrons. The fourth-order valence-corrected chi connectivity index (χ4v) is 1.49. The third-order valence-electron chi connectivity index (χ3n) is 2.14. The van der Waals surface area contributed by atoms with Gasteiger partial charge in [0.25, 0.3) is 0 Å².